The van der Waals surface area contributed by atoms with Gasteiger partial charge in [0.05, 0.1) is 24.8 Å². The maximum absolute atomic E-state index is 12.3. The molecule has 0 bridgehead atoms. The van der Waals surface area contributed by atoms with E-state index in [1.807, 2.05) is 30.3 Å². The molecule has 2 atom stereocenters. The molecule has 0 aliphatic carbocycles. The van der Waals surface area contributed by atoms with Gasteiger partial charge in [0.2, 0.25) is 0 Å². The van der Waals surface area contributed by atoms with E-state index in [1.165, 1.54) is 13.3 Å². The van der Waals surface area contributed by atoms with Crippen LogP contribution in [0, 0.1) is 5.92 Å². The molecular weight excluding hydrogens is 330 g/mol. The topological polar surface area (TPSA) is 80.3 Å². The fraction of sp³-hybridized carbons (Fsp3) is 0.235. The van der Waals surface area contributed by atoms with Gasteiger partial charge in [0, 0.05) is 6.20 Å². The van der Waals surface area contributed by atoms with Crippen molar-refractivity contribution in [1.29, 1.82) is 0 Å². The largest absolute Gasteiger partial charge is 0.469 e. The molecule has 0 aliphatic heterocycles. The lowest BCUT2D eigenvalue weighted by Gasteiger charge is -2.24. The highest BCUT2D eigenvalue weighted by atomic mass is 35.5. The van der Waals surface area contributed by atoms with Crippen LogP contribution in [-0.2, 0) is 9.53 Å². The highest BCUT2D eigenvalue weighted by molar-refractivity contribution is 6.32. The Hall–Kier alpha value is -2.60. The standard InChI is InChI=1S/C17H18ClN3O3/c1-11(16(22)24-2)14(12-7-4-3-5-8-12)21-17(23)20-13-9-6-10-19-15(13)18/h3-11,14H,1-2H3,(H2,20,21,23)/t11-,14-/m1/s1. The van der Waals surface area contributed by atoms with Crippen molar-refractivity contribution in [2.24, 2.45) is 5.92 Å². The number of urea groups is 1. The number of nitrogens with zero attached hydrogens (tertiary/aromatic N) is 1. The minimum absolute atomic E-state index is 0.185. The van der Waals surface area contributed by atoms with Crippen molar-refractivity contribution < 1.29 is 14.3 Å². The van der Waals surface area contributed by atoms with Gasteiger partial charge in [0.1, 0.15) is 0 Å². The third-order valence-corrected chi connectivity index (χ3v) is 3.83. The lowest BCUT2D eigenvalue weighted by molar-refractivity contribution is -0.145. The Morgan fingerprint density at radius 2 is 1.88 bits per heavy atom. The number of nitrogens with one attached hydrogen (secondary N) is 2. The number of rotatable bonds is 5. The van der Waals surface area contributed by atoms with E-state index in [1.54, 1.807) is 19.1 Å². The van der Waals surface area contributed by atoms with Gasteiger partial charge in [-0.2, -0.15) is 0 Å². The third kappa shape index (κ3) is 4.45. The number of anilines is 1. The fourth-order valence-electron chi connectivity index (χ4n) is 2.26. The minimum atomic E-state index is -0.562. The van der Waals surface area contributed by atoms with Crippen LogP contribution in [0.2, 0.25) is 5.15 Å². The summed E-state index contributed by atoms with van der Waals surface area (Å²) >= 11 is 5.93. The number of esters is 1. The molecule has 2 N–H and O–H groups in total. The summed E-state index contributed by atoms with van der Waals surface area (Å²) < 4.78 is 4.79. The molecular formula is C17H18ClN3O3. The smallest absolute Gasteiger partial charge is 0.319 e. The van der Waals surface area contributed by atoms with Crippen LogP contribution >= 0.6 is 11.6 Å². The van der Waals surface area contributed by atoms with E-state index < -0.39 is 24.0 Å². The van der Waals surface area contributed by atoms with Gasteiger partial charge >= 0.3 is 12.0 Å². The molecule has 1 aromatic carbocycles. The molecule has 24 heavy (non-hydrogen) atoms. The zero-order chi connectivity index (χ0) is 17.5. The van der Waals surface area contributed by atoms with Gasteiger partial charge in [-0.1, -0.05) is 41.9 Å². The predicted octanol–water partition coefficient (Wildman–Crippen LogP) is 3.41. The first-order valence-electron chi connectivity index (χ1n) is 7.33. The van der Waals surface area contributed by atoms with Gasteiger partial charge in [-0.3, -0.25) is 4.79 Å². The number of methoxy groups -OCH3 is 1. The van der Waals surface area contributed by atoms with Crippen LogP contribution in [0.4, 0.5) is 10.5 Å². The van der Waals surface area contributed by atoms with Crippen LogP contribution in [0.5, 0.6) is 0 Å². The molecule has 0 saturated heterocycles. The monoisotopic (exact) mass is 347 g/mol. The van der Waals surface area contributed by atoms with Gasteiger partial charge < -0.3 is 15.4 Å². The summed E-state index contributed by atoms with van der Waals surface area (Å²) in [6.45, 7) is 1.70. The Kier molecular flexibility index (Phi) is 6.14. The second kappa shape index (κ2) is 8.31. The number of pyridine rings is 1. The van der Waals surface area contributed by atoms with Crippen LogP contribution in [-0.4, -0.2) is 24.1 Å². The Balaban J connectivity index is 2.17. The molecule has 2 amide bonds. The first kappa shape index (κ1) is 17.7. The van der Waals surface area contributed by atoms with Gasteiger partial charge in [-0.15, -0.1) is 0 Å². The zero-order valence-corrected chi connectivity index (χ0v) is 14.1. The number of hydrogen-bond acceptors (Lipinski definition) is 4. The molecule has 0 radical (unpaired) electrons. The summed E-state index contributed by atoms with van der Waals surface area (Å²) in [5.74, 6) is -0.976. The minimum Gasteiger partial charge on any atom is -0.469 e. The molecule has 0 saturated carbocycles. The number of carbonyl (C=O) groups excluding carboxylic acids is 2. The van der Waals surface area contributed by atoms with Crippen molar-refractivity contribution in [1.82, 2.24) is 10.3 Å². The summed E-state index contributed by atoms with van der Waals surface area (Å²) in [6, 6.07) is 11.5. The average molecular weight is 348 g/mol. The predicted molar refractivity (Wildman–Crippen MR) is 91.8 cm³/mol. The number of carbonyl (C=O) groups is 2. The maximum Gasteiger partial charge on any atom is 0.319 e. The zero-order valence-electron chi connectivity index (χ0n) is 13.3. The number of benzene rings is 1. The Labute approximate surface area is 145 Å². The number of ether oxygens (including phenoxy) is 1. The number of hydrogen-bond donors (Lipinski definition) is 2. The summed E-state index contributed by atoms with van der Waals surface area (Å²) in [6.07, 6.45) is 1.53. The highest BCUT2D eigenvalue weighted by Gasteiger charge is 2.28. The molecule has 0 aliphatic rings. The van der Waals surface area contributed by atoms with E-state index in [9.17, 15) is 9.59 Å². The van der Waals surface area contributed by atoms with E-state index in [0.717, 1.165) is 5.56 Å². The van der Waals surface area contributed by atoms with Crippen molar-refractivity contribution in [2.75, 3.05) is 12.4 Å². The van der Waals surface area contributed by atoms with Gasteiger partial charge in [0.15, 0.2) is 5.15 Å². The Morgan fingerprint density at radius 1 is 1.17 bits per heavy atom. The highest BCUT2D eigenvalue weighted by Crippen LogP contribution is 2.24. The Bertz CT molecular complexity index is 709. The van der Waals surface area contributed by atoms with Crippen LogP contribution in [0.3, 0.4) is 0 Å². The quantitative estimate of drug-likeness (QED) is 0.641. The first-order valence-corrected chi connectivity index (χ1v) is 7.71. The van der Waals surface area contributed by atoms with E-state index in [4.69, 9.17) is 16.3 Å². The molecule has 126 valence electrons. The molecule has 1 aromatic heterocycles. The maximum atomic E-state index is 12.3. The van der Waals surface area contributed by atoms with E-state index in [-0.39, 0.29) is 5.15 Å². The molecule has 2 rings (SSSR count). The molecule has 0 spiro atoms. The van der Waals surface area contributed by atoms with Gasteiger partial charge in [-0.05, 0) is 24.6 Å². The van der Waals surface area contributed by atoms with Crippen molar-refractivity contribution >= 4 is 29.3 Å². The van der Waals surface area contributed by atoms with E-state index >= 15 is 0 Å². The summed E-state index contributed by atoms with van der Waals surface area (Å²) in [5.41, 5.74) is 1.18. The third-order valence-electron chi connectivity index (χ3n) is 3.53. The lowest BCUT2D eigenvalue weighted by atomic mass is 9.94. The van der Waals surface area contributed by atoms with Crippen LogP contribution < -0.4 is 10.6 Å². The number of aromatic nitrogens is 1. The molecule has 0 fully saturated rings. The normalized spacial score (nSPS) is 12.8. The summed E-state index contributed by atoms with van der Waals surface area (Å²) in [7, 11) is 1.32. The van der Waals surface area contributed by atoms with E-state index in [2.05, 4.69) is 15.6 Å². The van der Waals surface area contributed by atoms with Crippen LogP contribution in [0.15, 0.2) is 48.7 Å². The van der Waals surface area contributed by atoms with Crippen LogP contribution in [0.1, 0.15) is 18.5 Å². The van der Waals surface area contributed by atoms with Gasteiger partial charge in [0.25, 0.3) is 0 Å². The lowest BCUT2D eigenvalue weighted by Crippen LogP contribution is -2.38. The summed E-state index contributed by atoms with van der Waals surface area (Å²) in [4.78, 5) is 28.1. The molecule has 1 heterocycles. The fourth-order valence-corrected chi connectivity index (χ4v) is 2.42. The SMILES string of the molecule is COC(=O)[C@H](C)[C@@H](NC(=O)Nc1cccnc1Cl)c1ccccc1. The number of halogens is 1. The first-order chi connectivity index (χ1) is 11.5. The molecule has 7 heteroatoms. The summed E-state index contributed by atoms with van der Waals surface area (Å²) in [5, 5.41) is 5.60. The number of amides is 2. The van der Waals surface area contributed by atoms with Crippen LogP contribution in [0.25, 0.3) is 0 Å². The molecule has 6 nitrogen and oxygen atoms in total. The van der Waals surface area contributed by atoms with Crippen molar-refractivity contribution in [3.05, 3.63) is 59.4 Å². The second-order valence-electron chi connectivity index (χ2n) is 5.14. The van der Waals surface area contributed by atoms with Crippen molar-refractivity contribution in [3.63, 3.8) is 0 Å². The van der Waals surface area contributed by atoms with Gasteiger partial charge in [-0.25, -0.2) is 9.78 Å². The van der Waals surface area contributed by atoms with Crippen molar-refractivity contribution in [2.45, 2.75) is 13.0 Å². The van der Waals surface area contributed by atoms with Crippen molar-refractivity contribution in [3.8, 4) is 0 Å². The average Bonchev–Trinajstić information content (AvgIpc) is 2.61. The van der Waals surface area contributed by atoms with E-state index in [0.29, 0.717) is 5.69 Å². The molecule has 0 unspecified atom stereocenters. The second-order valence-corrected chi connectivity index (χ2v) is 5.50. The Morgan fingerprint density at radius 3 is 2.50 bits per heavy atom. The molecule has 2 aromatic rings.